The standard InChI is InChI=1S/C16H17ClFNO3S/c17-13-6-8-15(9-7-13)22-11-2-1-10-19-23(20,21)16-5-3-4-14(18)12-16/h3-9,12,19H,1-2,10-11H2. The van der Waals surface area contributed by atoms with Gasteiger partial charge in [0.25, 0.3) is 0 Å². The fourth-order valence-corrected chi connectivity index (χ4v) is 3.10. The summed E-state index contributed by atoms with van der Waals surface area (Å²) in [6.45, 7) is 0.742. The first-order valence-electron chi connectivity index (χ1n) is 7.11. The summed E-state index contributed by atoms with van der Waals surface area (Å²) >= 11 is 5.77. The second-order valence-corrected chi connectivity index (χ2v) is 7.07. The van der Waals surface area contributed by atoms with Gasteiger partial charge < -0.3 is 4.74 Å². The minimum Gasteiger partial charge on any atom is -0.494 e. The molecule has 0 aliphatic rings. The Morgan fingerprint density at radius 3 is 2.52 bits per heavy atom. The van der Waals surface area contributed by atoms with Gasteiger partial charge in [0, 0.05) is 11.6 Å². The van der Waals surface area contributed by atoms with Crippen LogP contribution in [0.3, 0.4) is 0 Å². The minimum atomic E-state index is -3.67. The Morgan fingerprint density at radius 2 is 1.83 bits per heavy atom. The molecule has 0 aromatic heterocycles. The molecule has 23 heavy (non-hydrogen) atoms. The molecule has 124 valence electrons. The largest absolute Gasteiger partial charge is 0.494 e. The van der Waals surface area contributed by atoms with E-state index in [2.05, 4.69) is 4.72 Å². The van der Waals surface area contributed by atoms with Gasteiger partial charge in [-0.05, 0) is 55.3 Å². The molecule has 7 heteroatoms. The van der Waals surface area contributed by atoms with E-state index >= 15 is 0 Å². The molecule has 0 bridgehead atoms. The van der Waals surface area contributed by atoms with Crippen molar-refractivity contribution in [2.45, 2.75) is 17.7 Å². The minimum absolute atomic E-state index is 0.0742. The summed E-state index contributed by atoms with van der Waals surface area (Å²) in [5.41, 5.74) is 0. The molecular weight excluding hydrogens is 341 g/mol. The zero-order valence-electron chi connectivity index (χ0n) is 12.3. The Balaban J connectivity index is 1.69. The molecule has 0 spiro atoms. The van der Waals surface area contributed by atoms with Gasteiger partial charge >= 0.3 is 0 Å². The molecular formula is C16H17ClFNO3S. The summed E-state index contributed by atoms with van der Waals surface area (Å²) in [6, 6.07) is 11.9. The van der Waals surface area contributed by atoms with Gasteiger partial charge in [0.2, 0.25) is 10.0 Å². The van der Waals surface area contributed by atoms with Crippen molar-refractivity contribution < 1.29 is 17.5 Å². The van der Waals surface area contributed by atoms with E-state index in [0.717, 1.165) is 11.8 Å². The Labute approximate surface area is 140 Å². The Morgan fingerprint density at radius 1 is 1.09 bits per heavy atom. The first-order chi connectivity index (χ1) is 11.0. The number of ether oxygens (including phenoxy) is 1. The molecule has 0 atom stereocenters. The van der Waals surface area contributed by atoms with Crippen LogP contribution in [0.15, 0.2) is 53.4 Å². The van der Waals surface area contributed by atoms with Gasteiger partial charge in [-0.25, -0.2) is 17.5 Å². The summed E-state index contributed by atoms with van der Waals surface area (Å²) < 4.78 is 44.9. The van der Waals surface area contributed by atoms with E-state index in [1.54, 1.807) is 24.3 Å². The molecule has 0 saturated heterocycles. The predicted molar refractivity (Wildman–Crippen MR) is 87.8 cm³/mol. The highest BCUT2D eigenvalue weighted by atomic mass is 35.5. The lowest BCUT2D eigenvalue weighted by Crippen LogP contribution is -2.25. The molecule has 0 heterocycles. The molecule has 4 nitrogen and oxygen atoms in total. The third kappa shape index (κ3) is 5.82. The van der Waals surface area contributed by atoms with Gasteiger partial charge in [-0.1, -0.05) is 17.7 Å². The van der Waals surface area contributed by atoms with E-state index in [9.17, 15) is 12.8 Å². The van der Waals surface area contributed by atoms with Crippen molar-refractivity contribution in [1.29, 1.82) is 0 Å². The van der Waals surface area contributed by atoms with Crippen LogP contribution in [-0.4, -0.2) is 21.6 Å². The van der Waals surface area contributed by atoms with E-state index in [1.165, 1.54) is 18.2 Å². The van der Waals surface area contributed by atoms with E-state index in [4.69, 9.17) is 16.3 Å². The first kappa shape index (κ1) is 17.7. The van der Waals surface area contributed by atoms with Crippen LogP contribution in [0.4, 0.5) is 4.39 Å². The fraction of sp³-hybridized carbons (Fsp3) is 0.250. The lowest BCUT2D eigenvalue weighted by atomic mass is 10.3. The molecule has 0 unspecified atom stereocenters. The van der Waals surface area contributed by atoms with Crippen molar-refractivity contribution in [2.75, 3.05) is 13.2 Å². The molecule has 2 aromatic carbocycles. The number of halogens is 2. The predicted octanol–water partition coefficient (Wildman–Crippen LogP) is 3.62. The normalized spacial score (nSPS) is 11.4. The average molecular weight is 358 g/mol. The van der Waals surface area contributed by atoms with Gasteiger partial charge in [-0.3, -0.25) is 0 Å². The van der Waals surface area contributed by atoms with Crippen LogP contribution in [0.2, 0.25) is 5.02 Å². The summed E-state index contributed by atoms with van der Waals surface area (Å²) in [7, 11) is -3.67. The van der Waals surface area contributed by atoms with Crippen LogP contribution >= 0.6 is 11.6 Å². The third-order valence-corrected chi connectivity index (χ3v) is 4.76. The van der Waals surface area contributed by atoms with Gasteiger partial charge in [0.05, 0.1) is 11.5 Å². The van der Waals surface area contributed by atoms with Crippen molar-refractivity contribution in [3.05, 3.63) is 59.4 Å². The monoisotopic (exact) mass is 357 g/mol. The van der Waals surface area contributed by atoms with Gasteiger partial charge in [-0.2, -0.15) is 0 Å². The van der Waals surface area contributed by atoms with Crippen LogP contribution in [0.25, 0.3) is 0 Å². The molecule has 0 amide bonds. The quantitative estimate of drug-likeness (QED) is 0.734. The highest BCUT2D eigenvalue weighted by Gasteiger charge is 2.13. The topological polar surface area (TPSA) is 55.4 Å². The second kappa shape index (κ2) is 8.29. The summed E-state index contributed by atoms with van der Waals surface area (Å²) in [4.78, 5) is -0.0742. The second-order valence-electron chi connectivity index (χ2n) is 4.86. The lowest BCUT2D eigenvalue weighted by molar-refractivity contribution is 0.307. The molecule has 0 radical (unpaired) electrons. The summed E-state index contributed by atoms with van der Waals surface area (Å²) in [6.07, 6.45) is 1.30. The van der Waals surface area contributed by atoms with Crippen molar-refractivity contribution in [3.8, 4) is 5.75 Å². The molecule has 1 N–H and O–H groups in total. The molecule has 0 aliphatic carbocycles. The Bertz CT molecular complexity index is 735. The molecule has 0 saturated carbocycles. The van der Waals surface area contributed by atoms with Crippen molar-refractivity contribution in [2.24, 2.45) is 0 Å². The zero-order chi connectivity index (χ0) is 16.7. The number of sulfonamides is 1. The van der Waals surface area contributed by atoms with E-state index in [0.29, 0.717) is 24.5 Å². The van der Waals surface area contributed by atoms with Crippen molar-refractivity contribution >= 4 is 21.6 Å². The maximum atomic E-state index is 13.1. The van der Waals surface area contributed by atoms with E-state index in [-0.39, 0.29) is 11.4 Å². The third-order valence-electron chi connectivity index (χ3n) is 3.05. The van der Waals surface area contributed by atoms with Crippen LogP contribution in [0.5, 0.6) is 5.75 Å². The Kier molecular flexibility index (Phi) is 6.38. The Hall–Kier alpha value is -1.63. The molecule has 0 fully saturated rings. The van der Waals surface area contributed by atoms with Crippen molar-refractivity contribution in [3.63, 3.8) is 0 Å². The van der Waals surface area contributed by atoms with Gasteiger partial charge in [-0.15, -0.1) is 0 Å². The molecule has 2 aromatic rings. The lowest BCUT2D eigenvalue weighted by Gasteiger charge is -2.08. The van der Waals surface area contributed by atoms with Crippen LogP contribution in [-0.2, 0) is 10.0 Å². The first-order valence-corrected chi connectivity index (χ1v) is 8.97. The number of rotatable bonds is 8. The number of nitrogens with one attached hydrogen (secondary N) is 1. The van der Waals surface area contributed by atoms with Gasteiger partial charge in [0.1, 0.15) is 11.6 Å². The highest BCUT2D eigenvalue weighted by Crippen LogP contribution is 2.15. The smallest absolute Gasteiger partial charge is 0.240 e. The number of hydrogen-bond donors (Lipinski definition) is 1. The molecule has 0 aliphatic heterocycles. The van der Waals surface area contributed by atoms with Gasteiger partial charge in [0.15, 0.2) is 0 Å². The zero-order valence-corrected chi connectivity index (χ0v) is 13.9. The van der Waals surface area contributed by atoms with Crippen LogP contribution < -0.4 is 9.46 Å². The summed E-state index contributed by atoms with van der Waals surface area (Å²) in [5, 5.41) is 0.643. The maximum Gasteiger partial charge on any atom is 0.240 e. The SMILES string of the molecule is O=S(=O)(NCCCCOc1ccc(Cl)cc1)c1cccc(F)c1. The number of unbranched alkanes of at least 4 members (excludes halogenated alkanes) is 1. The highest BCUT2D eigenvalue weighted by molar-refractivity contribution is 7.89. The summed E-state index contributed by atoms with van der Waals surface area (Å²) in [5.74, 6) is 0.138. The number of hydrogen-bond acceptors (Lipinski definition) is 3. The molecule has 2 rings (SSSR count). The van der Waals surface area contributed by atoms with Crippen LogP contribution in [0, 0.1) is 5.82 Å². The number of benzene rings is 2. The maximum absolute atomic E-state index is 13.1. The fourth-order valence-electron chi connectivity index (χ4n) is 1.87. The van der Waals surface area contributed by atoms with E-state index in [1.807, 2.05) is 0 Å². The van der Waals surface area contributed by atoms with E-state index < -0.39 is 15.8 Å². The van der Waals surface area contributed by atoms with Crippen molar-refractivity contribution in [1.82, 2.24) is 4.72 Å². The van der Waals surface area contributed by atoms with Crippen LogP contribution in [0.1, 0.15) is 12.8 Å². The average Bonchev–Trinajstić information content (AvgIpc) is 2.52.